The van der Waals surface area contributed by atoms with Gasteiger partial charge >= 0.3 is 0 Å². The average Bonchev–Trinajstić information content (AvgIpc) is 3.57. The molecule has 0 N–H and O–H groups in total. The topological polar surface area (TPSA) is 123 Å². The van der Waals surface area contributed by atoms with E-state index >= 15 is 0 Å². The van der Waals surface area contributed by atoms with Crippen LogP contribution in [0.1, 0.15) is 17.3 Å². The molecular formula is C25H19Cl2N7O4. The van der Waals surface area contributed by atoms with E-state index in [0.717, 1.165) is 5.56 Å². The van der Waals surface area contributed by atoms with E-state index in [9.17, 15) is 0 Å². The van der Waals surface area contributed by atoms with Gasteiger partial charge in [0, 0.05) is 23.7 Å². The Morgan fingerprint density at radius 2 is 1.82 bits per heavy atom. The predicted molar refractivity (Wildman–Crippen MR) is 138 cm³/mol. The second-order valence-electron chi connectivity index (χ2n) is 7.75. The fraction of sp³-hybridized carbons (Fsp3) is 0.120. The van der Waals surface area contributed by atoms with Crippen molar-refractivity contribution in [3.05, 3.63) is 94.1 Å². The maximum absolute atomic E-state index is 6.21. The van der Waals surface area contributed by atoms with Crippen LogP contribution in [0.4, 0.5) is 0 Å². The van der Waals surface area contributed by atoms with Gasteiger partial charge in [0.25, 0.3) is 11.8 Å². The van der Waals surface area contributed by atoms with E-state index in [1.165, 1.54) is 11.8 Å². The van der Waals surface area contributed by atoms with Crippen LogP contribution < -0.4 is 9.47 Å². The molecule has 2 aromatic heterocycles. The monoisotopic (exact) mass is 551 g/mol. The van der Waals surface area contributed by atoms with Crippen LogP contribution in [0.15, 0.2) is 76.3 Å². The third-order valence-corrected chi connectivity index (χ3v) is 5.75. The fourth-order valence-corrected chi connectivity index (χ4v) is 3.87. The number of tetrazole rings is 1. The minimum atomic E-state index is -0.0762. The van der Waals surface area contributed by atoms with Gasteiger partial charge in [0.15, 0.2) is 12.3 Å². The second-order valence-corrected chi connectivity index (χ2v) is 8.59. The molecule has 5 rings (SSSR count). The largest absolute Gasteiger partial charge is 0.496 e. The molecule has 0 amide bonds. The molecule has 0 fully saturated rings. The number of aromatic nitrogens is 6. The van der Waals surface area contributed by atoms with E-state index in [0.29, 0.717) is 44.4 Å². The number of aryl methyl sites for hydroxylation is 1. The van der Waals surface area contributed by atoms with E-state index in [1.807, 2.05) is 30.3 Å². The molecule has 0 atom stereocenters. The van der Waals surface area contributed by atoms with Crippen molar-refractivity contribution < 1.29 is 18.7 Å². The molecule has 0 saturated heterocycles. The molecule has 0 aliphatic heterocycles. The number of halogens is 2. The van der Waals surface area contributed by atoms with Gasteiger partial charge in [-0.3, -0.25) is 0 Å². The third-order valence-electron chi connectivity index (χ3n) is 5.22. The summed E-state index contributed by atoms with van der Waals surface area (Å²) in [6, 6.07) is 19.5. The summed E-state index contributed by atoms with van der Waals surface area (Å²) in [5.41, 5.74) is 1.80. The highest BCUT2D eigenvalue weighted by Crippen LogP contribution is 2.36. The molecule has 13 heteroatoms. The highest BCUT2D eigenvalue weighted by molar-refractivity contribution is 6.35. The molecule has 0 aliphatic rings. The SMILES string of the molecule is COc1cc(Oc2ccc(Cl)cc2Cl)ccc1-c1nnc(CO/N=C(/c2ccccc2)c2nnnn2C)o1. The maximum Gasteiger partial charge on any atom is 0.257 e. The van der Waals surface area contributed by atoms with Crippen molar-refractivity contribution in [1.82, 2.24) is 30.4 Å². The quantitative estimate of drug-likeness (QED) is 0.176. The van der Waals surface area contributed by atoms with E-state index in [-0.39, 0.29) is 18.4 Å². The molecule has 192 valence electrons. The second kappa shape index (κ2) is 11.3. The van der Waals surface area contributed by atoms with Crippen LogP contribution in [-0.4, -0.2) is 43.2 Å². The van der Waals surface area contributed by atoms with Gasteiger partial charge in [0.1, 0.15) is 17.2 Å². The molecule has 11 nitrogen and oxygen atoms in total. The van der Waals surface area contributed by atoms with Gasteiger partial charge in [-0.05, 0) is 40.8 Å². The first-order chi connectivity index (χ1) is 18.5. The van der Waals surface area contributed by atoms with Gasteiger partial charge in [-0.25, -0.2) is 4.68 Å². The Morgan fingerprint density at radius 3 is 2.55 bits per heavy atom. The first-order valence-corrected chi connectivity index (χ1v) is 11.9. The molecule has 3 aromatic carbocycles. The van der Waals surface area contributed by atoms with Crippen LogP contribution in [-0.2, 0) is 18.5 Å². The van der Waals surface area contributed by atoms with Crippen LogP contribution >= 0.6 is 23.2 Å². The molecule has 0 aliphatic carbocycles. The molecule has 0 bridgehead atoms. The minimum absolute atomic E-state index is 0.0762. The van der Waals surface area contributed by atoms with Crippen LogP contribution in [0.3, 0.4) is 0 Å². The summed E-state index contributed by atoms with van der Waals surface area (Å²) in [5.74, 6) is 2.30. The van der Waals surface area contributed by atoms with Crippen molar-refractivity contribution in [3.63, 3.8) is 0 Å². The third kappa shape index (κ3) is 5.58. The number of oxime groups is 1. The standard InChI is InChI=1S/C25H19Cl2N7O4/c1-34-24(29-32-33-34)23(15-6-4-3-5-7-15)31-36-14-22-28-30-25(38-22)18-10-9-17(13-21(18)35-2)37-20-11-8-16(26)12-19(20)27/h3-13H,14H2,1-2H3/b31-23-. The Morgan fingerprint density at radius 1 is 0.974 bits per heavy atom. The summed E-state index contributed by atoms with van der Waals surface area (Å²) >= 11 is 12.2. The van der Waals surface area contributed by atoms with Crippen LogP contribution in [0.25, 0.3) is 11.5 Å². The number of hydrogen-bond acceptors (Lipinski definition) is 10. The van der Waals surface area contributed by atoms with Gasteiger partial charge < -0.3 is 18.7 Å². The molecule has 38 heavy (non-hydrogen) atoms. The molecule has 0 radical (unpaired) electrons. The van der Waals surface area contributed by atoms with Crippen molar-refractivity contribution in [2.75, 3.05) is 7.11 Å². The Hall–Kier alpha value is -4.48. The van der Waals surface area contributed by atoms with E-state index < -0.39 is 0 Å². The van der Waals surface area contributed by atoms with Gasteiger partial charge in [0.05, 0.1) is 17.7 Å². The zero-order chi connectivity index (χ0) is 26.5. The van der Waals surface area contributed by atoms with Crippen molar-refractivity contribution in [3.8, 4) is 28.7 Å². The van der Waals surface area contributed by atoms with Crippen molar-refractivity contribution >= 4 is 28.9 Å². The van der Waals surface area contributed by atoms with Crippen molar-refractivity contribution in [1.29, 1.82) is 0 Å². The zero-order valence-corrected chi connectivity index (χ0v) is 21.6. The summed E-state index contributed by atoms with van der Waals surface area (Å²) < 4.78 is 18.7. The first kappa shape index (κ1) is 25.2. The molecular weight excluding hydrogens is 533 g/mol. The zero-order valence-electron chi connectivity index (χ0n) is 20.1. The van der Waals surface area contributed by atoms with Crippen LogP contribution in [0, 0.1) is 0 Å². The number of hydrogen-bond donors (Lipinski definition) is 0. The van der Waals surface area contributed by atoms with E-state index in [4.69, 9.17) is 41.9 Å². The van der Waals surface area contributed by atoms with Gasteiger partial charge in [0.2, 0.25) is 5.82 Å². The average molecular weight is 552 g/mol. The predicted octanol–water partition coefficient (Wildman–Crippen LogP) is 5.34. The molecule has 0 saturated carbocycles. The van der Waals surface area contributed by atoms with E-state index in [1.54, 1.807) is 43.4 Å². The Kier molecular flexibility index (Phi) is 7.47. The van der Waals surface area contributed by atoms with Gasteiger partial charge in [-0.1, -0.05) is 58.7 Å². The molecule has 0 unspecified atom stereocenters. The summed E-state index contributed by atoms with van der Waals surface area (Å²) in [6.45, 7) is -0.0762. The lowest BCUT2D eigenvalue weighted by molar-refractivity contribution is 0.111. The van der Waals surface area contributed by atoms with Crippen molar-refractivity contribution in [2.24, 2.45) is 12.2 Å². The molecule has 0 spiro atoms. The minimum Gasteiger partial charge on any atom is -0.496 e. The van der Waals surface area contributed by atoms with Crippen LogP contribution in [0.2, 0.25) is 10.0 Å². The Balaban J connectivity index is 1.32. The number of nitrogens with zero attached hydrogens (tertiary/aromatic N) is 7. The fourth-order valence-electron chi connectivity index (χ4n) is 3.42. The van der Waals surface area contributed by atoms with Gasteiger partial charge in [-0.2, -0.15) is 0 Å². The lowest BCUT2D eigenvalue weighted by Crippen LogP contribution is -2.12. The summed E-state index contributed by atoms with van der Waals surface area (Å²) in [5, 5.41) is 24.9. The normalized spacial score (nSPS) is 11.4. The van der Waals surface area contributed by atoms with Crippen LogP contribution in [0.5, 0.6) is 17.2 Å². The highest BCUT2D eigenvalue weighted by Gasteiger charge is 2.17. The smallest absolute Gasteiger partial charge is 0.257 e. The number of methoxy groups -OCH3 is 1. The lowest BCUT2D eigenvalue weighted by Gasteiger charge is -2.11. The van der Waals surface area contributed by atoms with E-state index in [2.05, 4.69) is 30.9 Å². The first-order valence-electron chi connectivity index (χ1n) is 11.1. The maximum atomic E-state index is 6.21. The lowest BCUT2D eigenvalue weighted by atomic mass is 10.1. The summed E-state index contributed by atoms with van der Waals surface area (Å²) in [7, 11) is 3.24. The molecule has 2 heterocycles. The number of benzene rings is 3. The molecule has 5 aromatic rings. The number of rotatable bonds is 9. The Labute approximate surface area is 226 Å². The highest BCUT2D eigenvalue weighted by atomic mass is 35.5. The summed E-state index contributed by atoms with van der Waals surface area (Å²) in [6.07, 6.45) is 0. The van der Waals surface area contributed by atoms with Crippen molar-refractivity contribution in [2.45, 2.75) is 6.61 Å². The summed E-state index contributed by atoms with van der Waals surface area (Å²) in [4.78, 5) is 5.54. The number of ether oxygens (including phenoxy) is 2. The van der Waals surface area contributed by atoms with Gasteiger partial charge in [-0.15, -0.1) is 15.3 Å². The Bertz CT molecular complexity index is 1590.